The first kappa shape index (κ1) is 8.70. The number of hydrogen-bond acceptors (Lipinski definition) is 1. The molecule has 1 fully saturated rings. The molecule has 0 radical (unpaired) electrons. The van der Waals surface area contributed by atoms with Gasteiger partial charge in [-0.15, -0.1) is 0 Å². The zero-order chi connectivity index (χ0) is 9.26. The summed E-state index contributed by atoms with van der Waals surface area (Å²) >= 11 is 0. The Morgan fingerprint density at radius 2 is 1.92 bits per heavy atom. The summed E-state index contributed by atoms with van der Waals surface area (Å²) in [6.45, 7) is 0.797. The van der Waals surface area contributed by atoms with Gasteiger partial charge in [0.25, 0.3) is 0 Å². The highest BCUT2D eigenvalue weighted by Crippen LogP contribution is 2.39. The summed E-state index contributed by atoms with van der Waals surface area (Å²) in [5, 5.41) is 0. The molecule has 0 heterocycles. The van der Waals surface area contributed by atoms with Crippen LogP contribution in [0.3, 0.4) is 0 Å². The van der Waals surface area contributed by atoms with E-state index in [-0.39, 0.29) is 5.82 Å². The van der Waals surface area contributed by atoms with Crippen molar-refractivity contribution >= 4 is 0 Å². The molecule has 1 aliphatic rings. The number of hydrogen-bond donors (Lipinski definition) is 1. The highest BCUT2D eigenvalue weighted by atomic mass is 19.1. The van der Waals surface area contributed by atoms with Crippen LogP contribution in [-0.4, -0.2) is 6.54 Å². The molecule has 1 nitrogen and oxygen atoms in total. The molecule has 0 bridgehead atoms. The van der Waals surface area contributed by atoms with Crippen LogP contribution >= 0.6 is 0 Å². The van der Waals surface area contributed by atoms with Crippen LogP contribution in [0.15, 0.2) is 24.3 Å². The van der Waals surface area contributed by atoms with E-state index < -0.39 is 0 Å². The van der Waals surface area contributed by atoms with Gasteiger partial charge in [-0.2, -0.15) is 0 Å². The summed E-state index contributed by atoms with van der Waals surface area (Å²) in [7, 11) is 0. The average Bonchev–Trinajstić information content (AvgIpc) is 2.88. The Morgan fingerprint density at radius 1 is 1.23 bits per heavy atom. The molecule has 2 atom stereocenters. The van der Waals surface area contributed by atoms with Crippen LogP contribution in [0.1, 0.15) is 12.0 Å². The fourth-order valence-corrected chi connectivity index (χ4v) is 1.77. The lowest BCUT2D eigenvalue weighted by Crippen LogP contribution is -2.03. The Hall–Kier alpha value is -0.890. The summed E-state index contributed by atoms with van der Waals surface area (Å²) in [6, 6.07) is 6.77. The molecule has 0 saturated heterocycles. The van der Waals surface area contributed by atoms with E-state index in [0.717, 1.165) is 18.9 Å². The van der Waals surface area contributed by atoms with Crippen molar-refractivity contribution in [2.24, 2.45) is 17.6 Å². The van der Waals surface area contributed by atoms with Crippen LogP contribution in [0.5, 0.6) is 0 Å². The summed E-state index contributed by atoms with van der Waals surface area (Å²) in [6.07, 6.45) is 2.30. The molecular formula is C11H14FN. The largest absolute Gasteiger partial charge is 0.330 e. The molecular weight excluding hydrogens is 165 g/mol. The Morgan fingerprint density at radius 3 is 2.46 bits per heavy atom. The molecule has 1 aromatic rings. The number of rotatable bonds is 3. The number of benzene rings is 1. The lowest BCUT2D eigenvalue weighted by atomic mass is 10.1. The van der Waals surface area contributed by atoms with Gasteiger partial charge >= 0.3 is 0 Å². The fraction of sp³-hybridized carbons (Fsp3) is 0.455. The van der Waals surface area contributed by atoms with E-state index in [9.17, 15) is 4.39 Å². The molecule has 2 rings (SSSR count). The minimum Gasteiger partial charge on any atom is -0.330 e. The van der Waals surface area contributed by atoms with Gasteiger partial charge in [-0.3, -0.25) is 0 Å². The molecule has 1 saturated carbocycles. The van der Waals surface area contributed by atoms with Crippen molar-refractivity contribution in [3.63, 3.8) is 0 Å². The highest BCUT2D eigenvalue weighted by Gasteiger charge is 2.35. The topological polar surface area (TPSA) is 26.0 Å². The predicted octanol–water partition coefficient (Wildman–Crippen LogP) is 1.96. The quantitative estimate of drug-likeness (QED) is 0.754. The summed E-state index contributed by atoms with van der Waals surface area (Å²) < 4.78 is 12.6. The minimum atomic E-state index is -0.157. The average molecular weight is 179 g/mol. The van der Waals surface area contributed by atoms with E-state index in [1.54, 1.807) is 0 Å². The molecule has 70 valence electrons. The molecule has 0 aliphatic heterocycles. The minimum absolute atomic E-state index is 0.157. The SMILES string of the molecule is NCC1CC1Cc1ccc(F)cc1. The number of nitrogens with two attached hydrogens (primary N) is 1. The van der Waals surface area contributed by atoms with Gasteiger partial charge < -0.3 is 5.73 Å². The van der Waals surface area contributed by atoms with E-state index in [0.29, 0.717) is 5.92 Å². The Kier molecular flexibility index (Phi) is 2.32. The smallest absolute Gasteiger partial charge is 0.123 e. The van der Waals surface area contributed by atoms with E-state index in [1.807, 2.05) is 12.1 Å². The van der Waals surface area contributed by atoms with Crippen molar-refractivity contribution in [3.05, 3.63) is 35.6 Å². The maximum Gasteiger partial charge on any atom is 0.123 e. The van der Waals surface area contributed by atoms with E-state index in [4.69, 9.17) is 5.73 Å². The Balaban J connectivity index is 1.92. The van der Waals surface area contributed by atoms with Gasteiger partial charge in [-0.25, -0.2) is 4.39 Å². The van der Waals surface area contributed by atoms with Gasteiger partial charge in [0.1, 0.15) is 5.82 Å². The van der Waals surface area contributed by atoms with Crippen LogP contribution in [0.4, 0.5) is 4.39 Å². The van der Waals surface area contributed by atoms with Gasteiger partial charge in [-0.05, 0) is 48.9 Å². The molecule has 2 heteroatoms. The fourth-order valence-electron chi connectivity index (χ4n) is 1.77. The second-order valence-electron chi connectivity index (χ2n) is 3.82. The maximum atomic E-state index is 12.6. The van der Waals surface area contributed by atoms with Crippen molar-refractivity contribution in [3.8, 4) is 0 Å². The molecule has 2 unspecified atom stereocenters. The molecule has 0 aromatic heterocycles. The molecule has 0 amide bonds. The third kappa shape index (κ3) is 2.07. The standard InChI is InChI=1S/C11H14FN/c12-11-3-1-8(2-4-11)5-9-6-10(9)7-13/h1-4,9-10H,5-7,13H2. The Labute approximate surface area is 77.8 Å². The summed E-state index contributed by atoms with van der Waals surface area (Å²) in [5.41, 5.74) is 6.77. The number of halogens is 1. The second kappa shape index (κ2) is 3.46. The molecule has 1 aliphatic carbocycles. The van der Waals surface area contributed by atoms with Crippen LogP contribution in [0, 0.1) is 17.7 Å². The summed E-state index contributed by atoms with van der Waals surface area (Å²) in [5.74, 6) is 1.30. The second-order valence-corrected chi connectivity index (χ2v) is 3.82. The zero-order valence-corrected chi connectivity index (χ0v) is 7.54. The van der Waals surface area contributed by atoms with Gasteiger partial charge in [0.05, 0.1) is 0 Å². The van der Waals surface area contributed by atoms with Gasteiger partial charge in [-0.1, -0.05) is 12.1 Å². The van der Waals surface area contributed by atoms with Crippen molar-refractivity contribution in [2.45, 2.75) is 12.8 Å². The van der Waals surface area contributed by atoms with E-state index in [2.05, 4.69) is 0 Å². The van der Waals surface area contributed by atoms with Crippen molar-refractivity contribution in [1.29, 1.82) is 0 Å². The van der Waals surface area contributed by atoms with Crippen LogP contribution < -0.4 is 5.73 Å². The van der Waals surface area contributed by atoms with Crippen molar-refractivity contribution in [2.75, 3.05) is 6.54 Å². The third-order valence-electron chi connectivity index (χ3n) is 2.78. The van der Waals surface area contributed by atoms with Gasteiger partial charge in [0.2, 0.25) is 0 Å². The maximum absolute atomic E-state index is 12.6. The van der Waals surface area contributed by atoms with Crippen LogP contribution in [-0.2, 0) is 6.42 Å². The summed E-state index contributed by atoms with van der Waals surface area (Å²) in [4.78, 5) is 0. The first-order valence-corrected chi connectivity index (χ1v) is 4.74. The van der Waals surface area contributed by atoms with Crippen LogP contribution in [0.25, 0.3) is 0 Å². The van der Waals surface area contributed by atoms with Crippen molar-refractivity contribution in [1.82, 2.24) is 0 Å². The first-order chi connectivity index (χ1) is 6.29. The highest BCUT2D eigenvalue weighted by molar-refractivity contribution is 5.18. The third-order valence-corrected chi connectivity index (χ3v) is 2.78. The van der Waals surface area contributed by atoms with Crippen LogP contribution in [0.2, 0.25) is 0 Å². The zero-order valence-electron chi connectivity index (χ0n) is 7.54. The Bertz CT molecular complexity index is 281. The lowest BCUT2D eigenvalue weighted by Gasteiger charge is -1.99. The molecule has 13 heavy (non-hydrogen) atoms. The monoisotopic (exact) mass is 179 g/mol. The van der Waals surface area contributed by atoms with Gasteiger partial charge in [0.15, 0.2) is 0 Å². The normalized spacial score (nSPS) is 26.0. The predicted molar refractivity (Wildman–Crippen MR) is 50.8 cm³/mol. The lowest BCUT2D eigenvalue weighted by molar-refractivity contribution is 0.625. The molecule has 0 spiro atoms. The van der Waals surface area contributed by atoms with E-state index in [1.165, 1.54) is 24.1 Å². The molecule has 1 aromatic carbocycles. The van der Waals surface area contributed by atoms with Crippen molar-refractivity contribution < 1.29 is 4.39 Å². The van der Waals surface area contributed by atoms with Gasteiger partial charge in [0, 0.05) is 0 Å². The first-order valence-electron chi connectivity index (χ1n) is 4.74. The molecule has 2 N–H and O–H groups in total. The van der Waals surface area contributed by atoms with E-state index >= 15 is 0 Å².